The molecule has 136 valence electrons. The Bertz CT molecular complexity index is 1180. The number of H-pyrrole nitrogens is 1. The van der Waals surface area contributed by atoms with Gasteiger partial charge in [-0.3, -0.25) is 0 Å². The van der Waals surface area contributed by atoms with E-state index < -0.39 is 10.0 Å². The van der Waals surface area contributed by atoms with Crippen LogP contribution >= 0.6 is 0 Å². The third kappa shape index (κ3) is 3.37. The van der Waals surface area contributed by atoms with Crippen LogP contribution in [0.15, 0.2) is 71.9 Å². The standard InChI is InChI=1S/C18H14FN5O2S/c19-13-3-1-12(2-4-13)17-11-16(18-21-9-10-22-18)23-24(17)14-5-7-15(8-6-14)27(20,25)26/h1-11H,(H,21,22)(H2,20,25,26). The first-order chi connectivity index (χ1) is 12.9. The van der Waals surface area contributed by atoms with Gasteiger partial charge < -0.3 is 4.98 Å². The smallest absolute Gasteiger partial charge is 0.238 e. The topological polar surface area (TPSA) is 107 Å². The predicted octanol–water partition coefficient (Wildman–Crippen LogP) is 2.72. The molecule has 0 atom stereocenters. The van der Waals surface area contributed by atoms with Crippen molar-refractivity contribution in [2.24, 2.45) is 5.14 Å². The number of aromatic nitrogens is 4. The maximum absolute atomic E-state index is 13.3. The lowest BCUT2D eigenvalue weighted by Crippen LogP contribution is -2.12. The lowest BCUT2D eigenvalue weighted by Gasteiger charge is -2.08. The van der Waals surface area contributed by atoms with Crippen molar-refractivity contribution in [2.75, 3.05) is 0 Å². The third-order valence-electron chi connectivity index (χ3n) is 4.00. The van der Waals surface area contributed by atoms with Gasteiger partial charge in [0.2, 0.25) is 10.0 Å². The summed E-state index contributed by atoms with van der Waals surface area (Å²) in [5.74, 6) is 0.242. The molecule has 0 spiro atoms. The number of imidazole rings is 1. The molecule has 0 radical (unpaired) electrons. The molecule has 4 rings (SSSR count). The first kappa shape index (κ1) is 17.1. The molecule has 0 aliphatic heterocycles. The quantitative estimate of drug-likeness (QED) is 0.565. The van der Waals surface area contributed by atoms with Gasteiger partial charge >= 0.3 is 0 Å². The number of benzene rings is 2. The summed E-state index contributed by atoms with van der Waals surface area (Å²) in [5, 5.41) is 9.71. The Morgan fingerprint density at radius 2 is 1.74 bits per heavy atom. The summed E-state index contributed by atoms with van der Waals surface area (Å²) in [6.07, 6.45) is 3.31. The van der Waals surface area contributed by atoms with E-state index in [0.717, 1.165) is 5.56 Å². The average Bonchev–Trinajstić information content (AvgIpc) is 3.31. The molecule has 0 saturated heterocycles. The molecule has 2 aromatic carbocycles. The van der Waals surface area contributed by atoms with Gasteiger partial charge in [0.25, 0.3) is 0 Å². The minimum atomic E-state index is -3.79. The zero-order chi connectivity index (χ0) is 19.0. The Morgan fingerprint density at radius 1 is 1.04 bits per heavy atom. The molecule has 2 aromatic heterocycles. The summed E-state index contributed by atoms with van der Waals surface area (Å²) in [6, 6.07) is 13.9. The Labute approximate surface area is 154 Å². The van der Waals surface area contributed by atoms with Gasteiger partial charge in [0, 0.05) is 18.0 Å². The maximum Gasteiger partial charge on any atom is 0.238 e. The fourth-order valence-corrected chi connectivity index (χ4v) is 3.22. The predicted molar refractivity (Wildman–Crippen MR) is 97.9 cm³/mol. The largest absolute Gasteiger partial charge is 0.343 e. The number of aromatic amines is 1. The molecule has 0 aliphatic carbocycles. The maximum atomic E-state index is 13.3. The summed E-state index contributed by atoms with van der Waals surface area (Å²) in [6.45, 7) is 0. The third-order valence-corrected chi connectivity index (χ3v) is 4.93. The summed E-state index contributed by atoms with van der Waals surface area (Å²) in [7, 11) is -3.79. The van der Waals surface area contributed by atoms with E-state index in [2.05, 4.69) is 15.1 Å². The number of rotatable bonds is 4. The molecule has 0 saturated carbocycles. The summed E-state index contributed by atoms with van der Waals surface area (Å²) >= 11 is 0. The van der Waals surface area contributed by atoms with Gasteiger partial charge in [-0.15, -0.1) is 0 Å². The highest BCUT2D eigenvalue weighted by molar-refractivity contribution is 7.89. The average molecular weight is 383 g/mol. The van der Waals surface area contributed by atoms with Crippen molar-refractivity contribution >= 4 is 10.0 Å². The second-order valence-electron chi connectivity index (χ2n) is 5.81. The van der Waals surface area contributed by atoms with Gasteiger partial charge in [-0.2, -0.15) is 5.10 Å². The van der Waals surface area contributed by atoms with Gasteiger partial charge in [-0.25, -0.2) is 27.6 Å². The molecule has 0 unspecified atom stereocenters. The number of hydrogen-bond acceptors (Lipinski definition) is 4. The van der Waals surface area contributed by atoms with E-state index in [1.165, 1.54) is 24.3 Å². The molecule has 0 amide bonds. The zero-order valence-electron chi connectivity index (χ0n) is 13.9. The van der Waals surface area contributed by atoms with Gasteiger partial charge in [-0.05, 0) is 54.6 Å². The normalized spacial score (nSPS) is 11.6. The zero-order valence-corrected chi connectivity index (χ0v) is 14.7. The fraction of sp³-hybridized carbons (Fsp3) is 0. The monoisotopic (exact) mass is 383 g/mol. The van der Waals surface area contributed by atoms with Gasteiger partial charge in [0.1, 0.15) is 11.5 Å². The molecule has 0 aliphatic rings. The Hall–Kier alpha value is -3.30. The summed E-state index contributed by atoms with van der Waals surface area (Å²) in [4.78, 5) is 7.20. The highest BCUT2D eigenvalue weighted by atomic mass is 32.2. The lowest BCUT2D eigenvalue weighted by molar-refractivity contribution is 0.597. The second kappa shape index (κ2) is 6.45. The SMILES string of the molecule is NS(=O)(=O)c1ccc(-n2nc(-c3ncc[nH]3)cc2-c2ccc(F)cc2)cc1. The van der Waals surface area contributed by atoms with E-state index in [4.69, 9.17) is 5.14 Å². The Balaban J connectivity index is 1.86. The minimum Gasteiger partial charge on any atom is -0.343 e. The van der Waals surface area contributed by atoms with Crippen LogP contribution in [0.4, 0.5) is 4.39 Å². The number of hydrogen-bond donors (Lipinski definition) is 2. The van der Waals surface area contributed by atoms with Crippen LogP contribution in [0.25, 0.3) is 28.5 Å². The number of nitrogens with one attached hydrogen (secondary N) is 1. The molecule has 27 heavy (non-hydrogen) atoms. The van der Waals surface area contributed by atoms with Crippen molar-refractivity contribution in [1.29, 1.82) is 0 Å². The van der Waals surface area contributed by atoms with Crippen LogP contribution in [-0.4, -0.2) is 28.2 Å². The van der Waals surface area contributed by atoms with Crippen LogP contribution in [0.3, 0.4) is 0 Å². The van der Waals surface area contributed by atoms with E-state index >= 15 is 0 Å². The van der Waals surface area contributed by atoms with Crippen molar-refractivity contribution in [2.45, 2.75) is 4.90 Å². The first-order valence-corrected chi connectivity index (χ1v) is 9.45. The van der Waals surface area contributed by atoms with Crippen LogP contribution in [0.2, 0.25) is 0 Å². The molecular formula is C18H14FN5O2S. The van der Waals surface area contributed by atoms with Gasteiger partial charge in [-0.1, -0.05) is 0 Å². The summed E-state index contributed by atoms with van der Waals surface area (Å²) in [5.41, 5.74) is 2.66. The highest BCUT2D eigenvalue weighted by Gasteiger charge is 2.15. The van der Waals surface area contributed by atoms with Crippen LogP contribution in [-0.2, 0) is 10.0 Å². The molecule has 9 heteroatoms. The molecular weight excluding hydrogens is 369 g/mol. The van der Waals surface area contributed by atoms with Crippen molar-refractivity contribution < 1.29 is 12.8 Å². The molecule has 7 nitrogen and oxygen atoms in total. The van der Waals surface area contributed by atoms with Crippen LogP contribution in [0, 0.1) is 5.82 Å². The van der Waals surface area contributed by atoms with Crippen molar-refractivity contribution in [3.63, 3.8) is 0 Å². The Morgan fingerprint density at radius 3 is 2.33 bits per heavy atom. The van der Waals surface area contributed by atoms with Gasteiger partial charge in [0.05, 0.1) is 16.3 Å². The van der Waals surface area contributed by atoms with Crippen molar-refractivity contribution in [3.8, 4) is 28.5 Å². The first-order valence-electron chi connectivity index (χ1n) is 7.91. The van der Waals surface area contributed by atoms with Crippen molar-refractivity contribution in [1.82, 2.24) is 19.7 Å². The molecule has 2 heterocycles. The summed E-state index contributed by atoms with van der Waals surface area (Å²) < 4.78 is 37.9. The van der Waals surface area contributed by atoms with Crippen LogP contribution in [0.5, 0.6) is 0 Å². The van der Waals surface area contributed by atoms with E-state index in [9.17, 15) is 12.8 Å². The number of sulfonamides is 1. The number of halogens is 1. The molecule has 4 aromatic rings. The number of primary sulfonamides is 1. The number of nitrogens with zero attached hydrogens (tertiary/aromatic N) is 3. The van der Waals surface area contributed by atoms with Crippen molar-refractivity contribution in [3.05, 3.63) is 72.8 Å². The molecule has 3 N–H and O–H groups in total. The Kier molecular flexibility index (Phi) is 4.09. The van der Waals surface area contributed by atoms with E-state index in [-0.39, 0.29) is 10.7 Å². The van der Waals surface area contributed by atoms with E-state index in [1.807, 2.05) is 6.07 Å². The van der Waals surface area contributed by atoms with Crippen LogP contribution < -0.4 is 5.14 Å². The molecule has 0 fully saturated rings. The van der Waals surface area contributed by atoms with Gasteiger partial charge in [0.15, 0.2) is 5.82 Å². The lowest BCUT2D eigenvalue weighted by atomic mass is 10.1. The minimum absolute atomic E-state index is 0.00740. The fourth-order valence-electron chi connectivity index (χ4n) is 2.70. The van der Waals surface area contributed by atoms with E-state index in [0.29, 0.717) is 22.9 Å². The second-order valence-corrected chi connectivity index (χ2v) is 7.37. The molecule has 0 bridgehead atoms. The van der Waals surface area contributed by atoms with E-state index in [1.54, 1.807) is 41.3 Å². The highest BCUT2D eigenvalue weighted by Crippen LogP contribution is 2.28. The van der Waals surface area contributed by atoms with Crippen LogP contribution in [0.1, 0.15) is 0 Å². The number of nitrogens with two attached hydrogens (primary N) is 1.